The van der Waals surface area contributed by atoms with E-state index in [1.807, 2.05) is 20.8 Å². The molecule has 0 bridgehead atoms. The van der Waals surface area contributed by atoms with Crippen LogP contribution >= 0.6 is 22.7 Å². The highest BCUT2D eigenvalue weighted by atomic mass is 32.2. The SMILES string of the molecule is CCc1sc(C(=O)NNS(=O)(=O)c2ccc(C)s2)cc1C. The maximum atomic E-state index is 12.0. The third-order valence-electron chi connectivity index (χ3n) is 2.84. The Balaban J connectivity index is 2.06. The van der Waals surface area contributed by atoms with E-state index in [-0.39, 0.29) is 4.21 Å². The first-order valence-corrected chi connectivity index (χ1v) is 9.43. The van der Waals surface area contributed by atoms with Crippen LogP contribution in [0.5, 0.6) is 0 Å². The van der Waals surface area contributed by atoms with E-state index in [1.54, 1.807) is 12.1 Å². The number of nitrogens with one attached hydrogen (secondary N) is 2. The molecule has 0 radical (unpaired) electrons. The van der Waals surface area contributed by atoms with Crippen molar-refractivity contribution in [3.8, 4) is 0 Å². The van der Waals surface area contributed by atoms with Gasteiger partial charge in [0.2, 0.25) is 0 Å². The Hall–Kier alpha value is -1.22. The number of rotatable bonds is 5. The first-order valence-electron chi connectivity index (χ1n) is 6.31. The highest BCUT2D eigenvalue weighted by Crippen LogP contribution is 2.22. The van der Waals surface area contributed by atoms with Crippen LogP contribution in [0.1, 0.15) is 31.9 Å². The van der Waals surface area contributed by atoms with Gasteiger partial charge >= 0.3 is 0 Å². The van der Waals surface area contributed by atoms with Crippen LogP contribution in [-0.2, 0) is 16.4 Å². The molecule has 0 unspecified atom stereocenters. The van der Waals surface area contributed by atoms with E-state index in [9.17, 15) is 13.2 Å². The van der Waals surface area contributed by atoms with Crippen molar-refractivity contribution >= 4 is 38.6 Å². The molecule has 2 aromatic rings. The number of carbonyl (C=O) groups excluding carboxylic acids is 1. The topological polar surface area (TPSA) is 75.3 Å². The molecule has 2 N–H and O–H groups in total. The number of hydrogen-bond donors (Lipinski definition) is 2. The van der Waals surface area contributed by atoms with Crippen LogP contribution in [0.25, 0.3) is 0 Å². The largest absolute Gasteiger partial charge is 0.276 e. The molecule has 0 saturated carbocycles. The van der Waals surface area contributed by atoms with Gasteiger partial charge in [-0.2, -0.15) is 0 Å². The summed E-state index contributed by atoms with van der Waals surface area (Å²) in [6, 6.07) is 5.00. The van der Waals surface area contributed by atoms with E-state index in [0.29, 0.717) is 4.88 Å². The Morgan fingerprint density at radius 1 is 1.24 bits per heavy atom. The molecule has 0 aliphatic carbocycles. The minimum Gasteiger partial charge on any atom is -0.273 e. The second-order valence-corrected chi connectivity index (χ2v) is 8.83. The Bertz CT molecular complexity index is 759. The maximum Gasteiger partial charge on any atom is 0.276 e. The molecule has 0 aromatic carbocycles. The number of amides is 1. The van der Waals surface area contributed by atoms with Crippen LogP contribution in [0.2, 0.25) is 0 Å². The molecule has 0 aliphatic rings. The monoisotopic (exact) mass is 344 g/mol. The molecule has 0 aliphatic heterocycles. The van der Waals surface area contributed by atoms with Gasteiger partial charge in [-0.1, -0.05) is 6.92 Å². The average Bonchev–Trinajstić information content (AvgIpc) is 3.02. The molecule has 8 heteroatoms. The van der Waals surface area contributed by atoms with Gasteiger partial charge in [0.05, 0.1) is 4.88 Å². The smallest absolute Gasteiger partial charge is 0.273 e. The Kier molecular flexibility index (Phi) is 4.82. The highest BCUT2D eigenvalue weighted by Gasteiger charge is 2.18. The zero-order valence-corrected chi connectivity index (χ0v) is 14.3. The maximum absolute atomic E-state index is 12.0. The van der Waals surface area contributed by atoms with Crippen LogP contribution < -0.4 is 10.3 Å². The van der Waals surface area contributed by atoms with Gasteiger partial charge < -0.3 is 0 Å². The van der Waals surface area contributed by atoms with Crippen LogP contribution in [0.4, 0.5) is 0 Å². The predicted molar refractivity (Wildman–Crippen MR) is 85.3 cm³/mol. The second kappa shape index (κ2) is 6.27. The first kappa shape index (κ1) is 16.2. The first-order chi connectivity index (χ1) is 9.83. The van der Waals surface area contributed by atoms with Crippen molar-refractivity contribution in [1.29, 1.82) is 0 Å². The molecular formula is C13H16N2O3S3. The van der Waals surface area contributed by atoms with Crippen LogP contribution in [0, 0.1) is 13.8 Å². The van der Waals surface area contributed by atoms with Crippen molar-refractivity contribution in [2.24, 2.45) is 0 Å². The molecular weight excluding hydrogens is 328 g/mol. The zero-order valence-electron chi connectivity index (χ0n) is 11.9. The summed E-state index contributed by atoms with van der Waals surface area (Å²) in [5.74, 6) is -0.445. The van der Waals surface area contributed by atoms with E-state index < -0.39 is 15.9 Å². The van der Waals surface area contributed by atoms with Crippen LogP contribution in [0.15, 0.2) is 22.4 Å². The minimum absolute atomic E-state index is 0.178. The lowest BCUT2D eigenvalue weighted by Crippen LogP contribution is -2.40. The molecule has 0 saturated heterocycles. The fraction of sp³-hybridized carbons (Fsp3) is 0.308. The standard InChI is InChI=1S/C13H16N2O3S3/c1-4-10-8(2)7-11(20-10)13(16)14-15-21(17,18)12-6-5-9(3)19-12/h5-7,15H,4H2,1-3H3,(H,14,16). The summed E-state index contributed by atoms with van der Waals surface area (Å²) in [5.41, 5.74) is 3.30. The number of carbonyl (C=O) groups is 1. The van der Waals surface area contributed by atoms with Gasteiger partial charge in [-0.15, -0.1) is 27.5 Å². The fourth-order valence-corrected chi connectivity index (χ4v) is 4.90. The number of hydrazine groups is 1. The van der Waals surface area contributed by atoms with Gasteiger partial charge in [0, 0.05) is 9.75 Å². The summed E-state index contributed by atoms with van der Waals surface area (Å²) in [5, 5.41) is 0. The zero-order chi connectivity index (χ0) is 15.6. The lowest BCUT2D eigenvalue weighted by molar-refractivity contribution is 0.0949. The van der Waals surface area contributed by atoms with Gasteiger partial charge in [-0.25, -0.2) is 8.42 Å². The van der Waals surface area contributed by atoms with Crippen molar-refractivity contribution in [3.63, 3.8) is 0 Å². The molecule has 1 amide bonds. The number of sulfonamides is 1. The van der Waals surface area contributed by atoms with Gasteiger partial charge in [-0.05, 0) is 44.0 Å². The summed E-state index contributed by atoms with van der Waals surface area (Å²) in [6.45, 7) is 5.77. The van der Waals surface area contributed by atoms with Gasteiger partial charge in [0.25, 0.3) is 15.9 Å². The Morgan fingerprint density at radius 3 is 2.48 bits per heavy atom. The Morgan fingerprint density at radius 2 is 1.95 bits per heavy atom. The van der Waals surface area contributed by atoms with E-state index in [1.165, 1.54) is 17.4 Å². The van der Waals surface area contributed by atoms with Crippen molar-refractivity contribution in [2.45, 2.75) is 31.4 Å². The quantitative estimate of drug-likeness (QED) is 0.819. The normalized spacial score (nSPS) is 11.6. The predicted octanol–water partition coefficient (Wildman–Crippen LogP) is 2.61. The molecule has 5 nitrogen and oxygen atoms in total. The molecule has 0 fully saturated rings. The lowest BCUT2D eigenvalue weighted by Gasteiger charge is -2.05. The van der Waals surface area contributed by atoms with E-state index in [0.717, 1.165) is 33.1 Å². The summed E-state index contributed by atoms with van der Waals surface area (Å²) in [4.78, 5) is 16.6. The second-order valence-electron chi connectivity index (χ2n) is 4.50. The number of hydrogen-bond acceptors (Lipinski definition) is 5. The van der Waals surface area contributed by atoms with Crippen molar-refractivity contribution in [1.82, 2.24) is 10.3 Å². The highest BCUT2D eigenvalue weighted by molar-refractivity contribution is 7.91. The summed E-state index contributed by atoms with van der Waals surface area (Å²) in [7, 11) is -3.71. The van der Waals surface area contributed by atoms with E-state index >= 15 is 0 Å². The molecule has 0 spiro atoms. The van der Waals surface area contributed by atoms with Gasteiger partial charge in [-0.3, -0.25) is 10.2 Å². The van der Waals surface area contributed by atoms with Crippen LogP contribution in [-0.4, -0.2) is 14.3 Å². The third kappa shape index (κ3) is 3.70. The molecule has 114 valence electrons. The van der Waals surface area contributed by atoms with Gasteiger partial charge in [0.1, 0.15) is 4.21 Å². The summed E-state index contributed by atoms with van der Waals surface area (Å²) < 4.78 is 24.2. The molecule has 2 heterocycles. The summed E-state index contributed by atoms with van der Waals surface area (Å²) in [6.07, 6.45) is 0.851. The van der Waals surface area contributed by atoms with Crippen molar-refractivity contribution in [2.75, 3.05) is 0 Å². The van der Waals surface area contributed by atoms with Crippen molar-refractivity contribution in [3.05, 3.63) is 38.4 Å². The van der Waals surface area contributed by atoms with Crippen LogP contribution in [0.3, 0.4) is 0 Å². The fourth-order valence-electron chi connectivity index (χ4n) is 1.76. The van der Waals surface area contributed by atoms with E-state index in [2.05, 4.69) is 10.3 Å². The summed E-state index contributed by atoms with van der Waals surface area (Å²) >= 11 is 2.53. The number of aryl methyl sites for hydroxylation is 3. The molecule has 21 heavy (non-hydrogen) atoms. The lowest BCUT2D eigenvalue weighted by atomic mass is 10.2. The number of thiophene rings is 2. The molecule has 2 rings (SSSR count). The Labute approximate surface area is 132 Å². The van der Waals surface area contributed by atoms with E-state index in [4.69, 9.17) is 0 Å². The van der Waals surface area contributed by atoms with Crippen molar-refractivity contribution < 1.29 is 13.2 Å². The minimum atomic E-state index is -3.71. The average molecular weight is 344 g/mol. The van der Waals surface area contributed by atoms with Gasteiger partial charge in [0.15, 0.2) is 0 Å². The molecule has 2 aromatic heterocycles. The molecule has 0 atom stereocenters. The third-order valence-corrected chi connectivity index (χ3v) is 6.97.